The number of piperazine rings is 1. The highest BCUT2D eigenvalue weighted by Crippen LogP contribution is 2.39. The molecule has 1 aromatic rings. The molecule has 3 saturated heterocycles. The third kappa shape index (κ3) is 4.84. The second-order valence-corrected chi connectivity index (χ2v) is 11.8. The Morgan fingerprint density at radius 3 is 2.09 bits per heavy atom. The molecule has 0 radical (unpaired) electrons. The SMILES string of the molecule is CC(C)C(=O)C[C@H]1C[C@H](N2CCC(c3cnc(N4C5CCC4CN(C(C)C)C5)nc3)CC2)C1. The fraction of sp³-hybridized carbons (Fsp3) is 0.815. The van der Waals surface area contributed by atoms with Crippen molar-refractivity contribution in [1.82, 2.24) is 19.8 Å². The fourth-order valence-electron chi connectivity index (χ4n) is 6.64. The number of anilines is 1. The lowest BCUT2D eigenvalue weighted by molar-refractivity contribution is -0.124. The van der Waals surface area contributed by atoms with Gasteiger partial charge in [-0.3, -0.25) is 9.69 Å². The van der Waals surface area contributed by atoms with Gasteiger partial charge < -0.3 is 9.80 Å². The van der Waals surface area contributed by atoms with E-state index in [-0.39, 0.29) is 5.92 Å². The Morgan fingerprint density at radius 1 is 0.939 bits per heavy atom. The van der Waals surface area contributed by atoms with Crippen molar-refractivity contribution in [3.8, 4) is 0 Å². The number of carbonyl (C=O) groups is 1. The van der Waals surface area contributed by atoms with E-state index in [1.165, 1.54) is 57.2 Å². The van der Waals surface area contributed by atoms with Gasteiger partial charge in [-0.1, -0.05) is 13.8 Å². The van der Waals surface area contributed by atoms with Crippen LogP contribution < -0.4 is 4.90 Å². The van der Waals surface area contributed by atoms with Crippen molar-refractivity contribution in [3.05, 3.63) is 18.0 Å². The number of nitrogens with zero attached hydrogens (tertiary/aromatic N) is 5. The van der Waals surface area contributed by atoms with E-state index in [1.54, 1.807) is 0 Å². The van der Waals surface area contributed by atoms with Gasteiger partial charge in [-0.15, -0.1) is 0 Å². The molecular formula is C27H43N5O. The van der Waals surface area contributed by atoms with Crippen LogP contribution in [0.5, 0.6) is 0 Å². The van der Waals surface area contributed by atoms with Crippen LogP contribution in [0.2, 0.25) is 0 Å². The van der Waals surface area contributed by atoms with Crippen molar-refractivity contribution in [3.63, 3.8) is 0 Å². The molecule has 4 fully saturated rings. The molecular weight excluding hydrogens is 410 g/mol. The van der Waals surface area contributed by atoms with E-state index < -0.39 is 0 Å². The number of piperidine rings is 1. The van der Waals surface area contributed by atoms with Crippen molar-refractivity contribution in [2.75, 3.05) is 31.1 Å². The van der Waals surface area contributed by atoms with Crippen LogP contribution in [0, 0.1) is 11.8 Å². The Hall–Kier alpha value is -1.53. The number of aromatic nitrogens is 2. The van der Waals surface area contributed by atoms with Crippen LogP contribution in [0.15, 0.2) is 12.4 Å². The van der Waals surface area contributed by atoms with Gasteiger partial charge in [0.1, 0.15) is 5.78 Å². The molecule has 1 aliphatic carbocycles. The molecule has 33 heavy (non-hydrogen) atoms. The minimum atomic E-state index is 0.188. The molecule has 0 spiro atoms. The van der Waals surface area contributed by atoms with Gasteiger partial charge in [-0.2, -0.15) is 0 Å². The molecule has 2 bridgehead atoms. The van der Waals surface area contributed by atoms with Crippen LogP contribution in [-0.2, 0) is 4.79 Å². The van der Waals surface area contributed by atoms with E-state index in [2.05, 4.69) is 40.9 Å². The van der Waals surface area contributed by atoms with E-state index in [0.29, 0.717) is 41.8 Å². The molecule has 1 aromatic heterocycles. The zero-order chi connectivity index (χ0) is 23.1. The Balaban J connectivity index is 1.11. The Kier molecular flexibility index (Phi) is 6.76. The monoisotopic (exact) mass is 453 g/mol. The first-order valence-electron chi connectivity index (χ1n) is 13.5. The van der Waals surface area contributed by atoms with Crippen LogP contribution in [0.3, 0.4) is 0 Å². The first kappa shape index (κ1) is 23.2. The van der Waals surface area contributed by atoms with E-state index in [4.69, 9.17) is 9.97 Å². The lowest BCUT2D eigenvalue weighted by atomic mass is 9.74. The van der Waals surface area contributed by atoms with Gasteiger partial charge in [-0.05, 0) is 82.9 Å². The molecule has 4 heterocycles. The maximum absolute atomic E-state index is 12.0. The average Bonchev–Trinajstić information content (AvgIpc) is 3.04. The molecule has 6 heteroatoms. The van der Waals surface area contributed by atoms with Crippen molar-refractivity contribution in [2.45, 2.75) is 103 Å². The highest BCUT2D eigenvalue weighted by molar-refractivity contribution is 5.80. The number of Topliss-reactive ketones (excluding diaryl/α,β-unsaturated/α-hetero) is 1. The zero-order valence-electron chi connectivity index (χ0n) is 21.1. The Labute approximate surface area is 200 Å². The van der Waals surface area contributed by atoms with Gasteiger partial charge in [0.2, 0.25) is 5.95 Å². The summed E-state index contributed by atoms with van der Waals surface area (Å²) in [6, 6.07) is 2.47. The van der Waals surface area contributed by atoms with E-state index in [0.717, 1.165) is 25.5 Å². The molecule has 0 N–H and O–H groups in total. The summed E-state index contributed by atoms with van der Waals surface area (Å²) in [7, 11) is 0. The van der Waals surface area contributed by atoms with E-state index in [1.807, 2.05) is 13.8 Å². The quantitative estimate of drug-likeness (QED) is 0.619. The third-order valence-corrected chi connectivity index (χ3v) is 8.99. The maximum atomic E-state index is 12.0. The first-order valence-corrected chi connectivity index (χ1v) is 13.5. The normalized spacial score (nSPS) is 31.4. The smallest absolute Gasteiger partial charge is 0.225 e. The molecule has 182 valence electrons. The summed E-state index contributed by atoms with van der Waals surface area (Å²) in [4.78, 5) is 29.6. The van der Waals surface area contributed by atoms with Gasteiger partial charge in [0.15, 0.2) is 0 Å². The molecule has 5 rings (SSSR count). The molecule has 0 aromatic carbocycles. The predicted molar refractivity (Wildman–Crippen MR) is 133 cm³/mol. The van der Waals surface area contributed by atoms with Crippen molar-refractivity contribution in [2.24, 2.45) is 11.8 Å². The maximum Gasteiger partial charge on any atom is 0.225 e. The van der Waals surface area contributed by atoms with Gasteiger partial charge in [-0.25, -0.2) is 9.97 Å². The highest BCUT2D eigenvalue weighted by atomic mass is 16.1. The minimum absolute atomic E-state index is 0.188. The Morgan fingerprint density at radius 2 is 1.55 bits per heavy atom. The molecule has 2 atom stereocenters. The number of fused-ring (bicyclic) bond motifs is 2. The number of ketones is 1. The number of rotatable bonds is 7. The largest absolute Gasteiger partial charge is 0.332 e. The molecule has 4 aliphatic rings. The fourth-order valence-corrected chi connectivity index (χ4v) is 6.64. The van der Waals surface area contributed by atoms with Crippen LogP contribution in [0.25, 0.3) is 0 Å². The number of hydrogen-bond donors (Lipinski definition) is 0. The van der Waals surface area contributed by atoms with Crippen LogP contribution in [0.4, 0.5) is 5.95 Å². The predicted octanol–water partition coefficient (Wildman–Crippen LogP) is 4.11. The second kappa shape index (κ2) is 9.61. The van der Waals surface area contributed by atoms with Crippen LogP contribution in [-0.4, -0.2) is 75.9 Å². The summed E-state index contributed by atoms with van der Waals surface area (Å²) in [6.45, 7) is 13.3. The topological polar surface area (TPSA) is 52.6 Å². The summed E-state index contributed by atoms with van der Waals surface area (Å²) < 4.78 is 0. The van der Waals surface area contributed by atoms with E-state index >= 15 is 0 Å². The number of carbonyl (C=O) groups excluding carboxylic acids is 1. The lowest BCUT2D eigenvalue weighted by Gasteiger charge is -2.46. The minimum Gasteiger partial charge on any atom is -0.332 e. The molecule has 1 saturated carbocycles. The summed E-state index contributed by atoms with van der Waals surface area (Å²) >= 11 is 0. The standard InChI is InChI=1S/C27H43N5O/c1-18(2)26(33)13-20-11-25(12-20)30-9-7-21(8-10-30)22-14-28-27(29-15-22)32-23-5-6-24(32)17-31(16-23)19(3)4/h14-15,18-21,23-25H,5-13,16-17H2,1-4H3/t20-,23?,24?,25-. The first-order chi connectivity index (χ1) is 15.9. The summed E-state index contributed by atoms with van der Waals surface area (Å²) in [5.74, 6) is 2.79. The van der Waals surface area contributed by atoms with Crippen molar-refractivity contribution >= 4 is 11.7 Å². The summed E-state index contributed by atoms with van der Waals surface area (Å²) in [5.41, 5.74) is 1.32. The van der Waals surface area contributed by atoms with Crippen molar-refractivity contribution in [1.29, 1.82) is 0 Å². The van der Waals surface area contributed by atoms with Gasteiger partial charge >= 0.3 is 0 Å². The van der Waals surface area contributed by atoms with Gasteiger partial charge in [0.05, 0.1) is 0 Å². The molecule has 6 nitrogen and oxygen atoms in total. The molecule has 2 unspecified atom stereocenters. The average molecular weight is 454 g/mol. The number of likely N-dealkylation sites (tertiary alicyclic amines) is 2. The zero-order valence-corrected chi connectivity index (χ0v) is 21.1. The Bertz CT molecular complexity index is 796. The lowest BCUT2D eigenvalue weighted by Crippen LogP contribution is -2.56. The van der Waals surface area contributed by atoms with Crippen LogP contribution in [0.1, 0.15) is 84.1 Å². The van der Waals surface area contributed by atoms with Gasteiger partial charge in [0, 0.05) is 62.0 Å². The summed E-state index contributed by atoms with van der Waals surface area (Å²) in [5, 5.41) is 0. The van der Waals surface area contributed by atoms with E-state index in [9.17, 15) is 4.79 Å². The number of hydrogen-bond acceptors (Lipinski definition) is 6. The highest BCUT2D eigenvalue weighted by Gasteiger charge is 2.42. The second-order valence-electron chi connectivity index (χ2n) is 11.8. The summed E-state index contributed by atoms with van der Waals surface area (Å²) in [6.07, 6.45) is 12.4. The van der Waals surface area contributed by atoms with Gasteiger partial charge in [0.25, 0.3) is 0 Å². The third-order valence-electron chi connectivity index (χ3n) is 8.99. The van der Waals surface area contributed by atoms with Crippen LogP contribution >= 0.6 is 0 Å². The molecule has 0 amide bonds. The molecule has 3 aliphatic heterocycles. The van der Waals surface area contributed by atoms with Crippen molar-refractivity contribution < 1.29 is 4.79 Å².